The summed E-state index contributed by atoms with van der Waals surface area (Å²) in [6.45, 7) is 4.76. The van der Waals surface area contributed by atoms with Crippen molar-refractivity contribution in [2.75, 3.05) is 0 Å². The lowest BCUT2D eigenvalue weighted by Gasteiger charge is -2.28. The van der Waals surface area contributed by atoms with E-state index < -0.39 is 0 Å². The minimum atomic E-state index is 0.0105. The van der Waals surface area contributed by atoms with Gasteiger partial charge in [-0.3, -0.25) is 0 Å². The fourth-order valence-corrected chi connectivity index (χ4v) is 5.55. The summed E-state index contributed by atoms with van der Waals surface area (Å²) in [5.41, 5.74) is 6.59. The van der Waals surface area contributed by atoms with Crippen LogP contribution >= 0.6 is 11.3 Å². The Balaban J connectivity index is 1.41. The first-order valence-electron chi connectivity index (χ1n) is 12.1. The number of rotatable bonds is 7. The van der Waals surface area contributed by atoms with Crippen molar-refractivity contribution in [3.8, 4) is 33.0 Å². The molecule has 0 saturated heterocycles. The highest BCUT2D eigenvalue weighted by Gasteiger charge is 2.24. The number of fused-ring (bicyclic) bond motifs is 1. The molecule has 1 aliphatic carbocycles. The molecule has 0 bridgehead atoms. The monoisotopic (exact) mass is 480 g/mol. The zero-order valence-corrected chi connectivity index (χ0v) is 20.8. The minimum Gasteiger partial charge on any atom is -0.490 e. The average Bonchev–Trinajstić information content (AvgIpc) is 3.38. The van der Waals surface area contributed by atoms with Crippen LogP contribution in [-0.2, 0) is 13.0 Å². The van der Waals surface area contributed by atoms with Gasteiger partial charge in [0.15, 0.2) is 0 Å². The molecule has 6 heteroatoms. The number of hydrogen-bond acceptors (Lipinski definition) is 6. The highest BCUT2D eigenvalue weighted by molar-refractivity contribution is 7.17. The van der Waals surface area contributed by atoms with E-state index in [1.54, 1.807) is 11.3 Å². The second-order valence-corrected chi connectivity index (χ2v) is 10.1. The zero-order valence-electron chi connectivity index (χ0n) is 20.0. The first kappa shape index (κ1) is 23.2. The van der Waals surface area contributed by atoms with Crippen LogP contribution in [0.5, 0.6) is 5.75 Å². The van der Waals surface area contributed by atoms with E-state index in [4.69, 9.17) is 4.74 Å². The van der Waals surface area contributed by atoms with Crippen LogP contribution in [0.25, 0.3) is 21.1 Å². The summed E-state index contributed by atoms with van der Waals surface area (Å²) in [6.07, 6.45) is 3.33. The fraction of sp³-hybridized carbons (Fsp3) is 0.276. The van der Waals surface area contributed by atoms with Gasteiger partial charge in [-0.2, -0.15) is 5.26 Å². The lowest BCUT2D eigenvalue weighted by molar-refractivity contribution is 0.242. The summed E-state index contributed by atoms with van der Waals surface area (Å²) < 4.78 is 5.76. The van der Waals surface area contributed by atoms with Crippen molar-refractivity contribution in [1.82, 2.24) is 15.5 Å². The Morgan fingerprint density at radius 3 is 2.69 bits per heavy atom. The van der Waals surface area contributed by atoms with E-state index in [0.717, 1.165) is 46.9 Å². The number of aromatic nitrogens is 2. The third-order valence-corrected chi connectivity index (χ3v) is 7.27. The molecule has 5 nitrogen and oxygen atoms in total. The van der Waals surface area contributed by atoms with Crippen LogP contribution in [0.1, 0.15) is 55.0 Å². The Morgan fingerprint density at radius 1 is 1.06 bits per heavy atom. The van der Waals surface area contributed by atoms with Crippen molar-refractivity contribution in [2.45, 2.75) is 51.8 Å². The molecule has 0 spiro atoms. The number of ether oxygens (including phenoxy) is 1. The third-order valence-electron chi connectivity index (χ3n) is 6.27. The number of nitrogens with zero attached hydrogens (tertiary/aromatic N) is 3. The molecule has 5 rings (SSSR count). The predicted octanol–water partition coefficient (Wildman–Crippen LogP) is 6.70. The molecule has 3 aromatic carbocycles. The van der Waals surface area contributed by atoms with Crippen LogP contribution in [0, 0.1) is 11.3 Å². The van der Waals surface area contributed by atoms with Crippen molar-refractivity contribution in [1.29, 1.82) is 5.26 Å². The summed E-state index contributed by atoms with van der Waals surface area (Å²) >= 11 is 1.57. The maximum atomic E-state index is 9.59. The molecule has 176 valence electrons. The maximum Gasteiger partial charge on any atom is 0.148 e. The van der Waals surface area contributed by atoms with Gasteiger partial charge in [-0.15, -0.1) is 10.2 Å². The Hall–Kier alpha value is -3.53. The largest absolute Gasteiger partial charge is 0.490 e. The van der Waals surface area contributed by atoms with Crippen LogP contribution in [0.4, 0.5) is 0 Å². The quantitative estimate of drug-likeness (QED) is 0.319. The van der Waals surface area contributed by atoms with E-state index in [9.17, 15) is 5.26 Å². The molecule has 0 fully saturated rings. The van der Waals surface area contributed by atoms with Gasteiger partial charge in [0.1, 0.15) is 21.8 Å². The standard InChI is InChI=1S/C29H28N4OS/c1-19(2)34-27-15-14-21(16-22(27)17-30)28-32-33-29(35-28)25-12-6-11-24-23(25)10-7-13-26(24)31-18-20-8-4-3-5-9-20/h3-6,8-9,11-12,14-16,19,26,31H,7,10,13,18H2,1-2H3/t26-/m0/s1. The van der Waals surface area contributed by atoms with E-state index in [-0.39, 0.29) is 6.10 Å². The number of benzene rings is 3. The molecule has 0 saturated carbocycles. The van der Waals surface area contributed by atoms with Gasteiger partial charge in [-0.1, -0.05) is 59.9 Å². The number of hydrogen-bond donors (Lipinski definition) is 1. The lowest BCUT2D eigenvalue weighted by atomic mass is 9.85. The van der Waals surface area contributed by atoms with Gasteiger partial charge >= 0.3 is 0 Å². The molecule has 0 aliphatic heterocycles. The Kier molecular flexibility index (Phi) is 6.89. The van der Waals surface area contributed by atoms with Gasteiger partial charge < -0.3 is 10.1 Å². The molecular formula is C29H28N4OS. The van der Waals surface area contributed by atoms with Crippen LogP contribution in [0.2, 0.25) is 0 Å². The van der Waals surface area contributed by atoms with Crippen LogP contribution in [0.15, 0.2) is 66.7 Å². The molecule has 0 amide bonds. The smallest absolute Gasteiger partial charge is 0.148 e. The minimum absolute atomic E-state index is 0.0105. The average molecular weight is 481 g/mol. The molecule has 1 aliphatic rings. The Morgan fingerprint density at radius 2 is 1.89 bits per heavy atom. The first-order valence-corrected chi connectivity index (χ1v) is 12.9. The second-order valence-electron chi connectivity index (χ2n) is 9.09. The molecule has 0 radical (unpaired) electrons. The van der Waals surface area contributed by atoms with Gasteiger partial charge in [0.2, 0.25) is 0 Å². The van der Waals surface area contributed by atoms with Crippen LogP contribution in [0.3, 0.4) is 0 Å². The van der Waals surface area contributed by atoms with Crippen molar-refractivity contribution in [2.24, 2.45) is 0 Å². The highest BCUT2D eigenvalue weighted by atomic mass is 32.1. The summed E-state index contributed by atoms with van der Waals surface area (Å²) in [5, 5.41) is 24.1. The van der Waals surface area contributed by atoms with Crippen molar-refractivity contribution in [3.63, 3.8) is 0 Å². The Labute approximate surface area is 210 Å². The van der Waals surface area contributed by atoms with Gasteiger partial charge in [-0.25, -0.2) is 0 Å². The zero-order chi connectivity index (χ0) is 24.2. The normalized spacial score (nSPS) is 15.0. The molecule has 35 heavy (non-hydrogen) atoms. The molecular weight excluding hydrogens is 452 g/mol. The summed E-state index contributed by atoms with van der Waals surface area (Å²) in [7, 11) is 0. The van der Waals surface area contributed by atoms with Crippen molar-refractivity contribution < 1.29 is 4.74 Å². The SMILES string of the molecule is CC(C)Oc1ccc(-c2nnc(-c3cccc4c3CCC[C@@H]4NCc3ccccc3)s2)cc1C#N. The molecule has 1 heterocycles. The van der Waals surface area contributed by atoms with E-state index in [0.29, 0.717) is 17.4 Å². The van der Waals surface area contributed by atoms with Crippen molar-refractivity contribution >= 4 is 11.3 Å². The van der Waals surface area contributed by atoms with Gasteiger partial charge in [0, 0.05) is 23.7 Å². The fourth-order valence-electron chi connectivity index (χ4n) is 4.65. The molecule has 1 atom stereocenters. The van der Waals surface area contributed by atoms with Crippen molar-refractivity contribution in [3.05, 3.63) is 89.0 Å². The number of nitrogens with one attached hydrogen (secondary N) is 1. The lowest BCUT2D eigenvalue weighted by Crippen LogP contribution is -2.25. The molecule has 1 N–H and O–H groups in total. The van der Waals surface area contributed by atoms with Gasteiger partial charge in [0.05, 0.1) is 11.7 Å². The highest BCUT2D eigenvalue weighted by Crippen LogP contribution is 2.39. The summed E-state index contributed by atoms with van der Waals surface area (Å²) in [6, 6.07) is 25.3. The third kappa shape index (κ3) is 5.12. The molecule has 1 aromatic heterocycles. The van der Waals surface area contributed by atoms with E-state index in [1.165, 1.54) is 16.7 Å². The summed E-state index contributed by atoms with van der Waals surface area (Å²) in [4.78, 5) is 0. The van der Waals surface area contributed by atoms with Crippen LogP contribution < -0.4 is 10.1 Å². The Bertz CT molecular complexity index is 1360. The topological polar surface area (TPSA) is 70.8 Å². The first-order chi connectivity index (χ1) is 17.1. The summed E-state index contributed by atoms with van der Waals surface area (Å²) in [5.74, 6) is 0.599. The van der Waals surface area contributed by atoms with Crippen LogP contribution in [-0.4, -0.2) is 16.3 Å². The maximum absolute atomic E-state index is 9.59. The van der Waals surface area contributed by atoms with E-state index in [2.05, 4.69) is 70.1 Å². The number of nitriles is 1. The molecule has 0 unspecified atom stereocenters. The van der Waals surface area contributed by atoms with Gasteiger partial charge in [0.25, 0.3) is 0 Å². The second kappa shape index (κ2) is 10.4. The predicted molar refractivity (Wildman–Crippen MR) is 140 cm³/mol. The van der Waals surface area contributed by atoms with E-state index >= 15 is 0 Å². The molecule has 4 aromatic rings. The van der Waals surface area contributed by atoms with E-state index in [1.807, 2.05) is 32.0 Å². The van der Waals surface area contributed by atoms with Gasteiger partial charge in [-0.05, 0) is 68.0 Å².